The first kappa shape index (κ1) is 13.6. The van der Waals surface area contributed by atoms with E-state index in [1.54, 1.807) is 0 Å². The van der Waals surface area contributed by atoms with Gasteiger partial charge in [-0.3, -0.25) is 9.69 Å². The molecule has 0 spiro atoms. The fourth-order valence-corrected chi connectivity index (χ4v) is 3.93. The molecule has 4 heteroatoms. The van der Waals surface area contributed by atoms with Crippen molar-refractivity contribution >= 4 is 5.97 Å². The molecule has 0 amide bonds. The highest BCUT2D eigenvalue weighted by Crippen LogP contribution is 2.46. The number of fused-ring (bicyclic) bond motifs is 2. The standard InChI is InChI=1S/C16H21NO3/c1-10(11-6-4-3-5-7-11)17-12-8-13(14(18)9-12)15(17)16(19)20-2/h3-7,10,12-15,18H,8-9H2,1-2H3/t10-,12+,13-,14-,15+/m0/s1. The van der Waals surface area contributed by atoms with E-state index in [0.29, 0.717) is 0 Å². The molecule has 1 saturated carbocycles. The highest BCUT2D eigenvalue weighted by Gasteiger charge is 2.55. The zero-order valence-electron chi connectivity index (χ0n) is 11.9. The number of aliphatic hydroxyl groups excluding tert-OH is 1. The quantitative estimate of drug-likeness (QED) is 0.854. The molecule has 1 aromatic carbocycles. The summed E-state index contributed by atoms with van der Waals surface area (Å²) in [4.78, 5) is 14.4. The van der Waals surface area contributed by atoms with Gasteiger partial charge >= 0.3 is 5.97 Å². The number of methoxy groups -OCH3 is 1. The average Bonchev–Trinajstić information content (AvgIpc) is 3.03. The van der Waals surface area contributed by atoms with Crippen molar-refractivity contribution in [2.45, 2.75) is 44.0 Å². The average molecular weight is 275 g/mol. The zero-order valence-corrected chi connectivity index (χ0v) is 11.9. The van der Waals surface area contributed by atoms with Crippen LogP contribution < -0.4 is 0 Å². The predicted molar refractivity (Wildman–Crippen MR) is 75.0 cm³/mol. The zero-order chi connectivity index (χ0) is 14.3. The first-order valence-electron chi connectivity index (χ1n) is 7.21. The summed E-state index contributed by atoms with van der Waals surface area (Å²) in [5.41, 5.74) is 1.20. The maximum Gasteiger partial charge on any atom is 0.323 e. The second kappa shape index (κ2) is 5.19. The minimum Gasteiger partial charge on any atom is -0.468 e. The van der Waals surface area contributed by atoms with Crippen LogP contribution in [-0.2, 0) is 9.53 Å². The maximum atomic E-state index is 12.1. The molecule has 20 heavy (non-hydrogen) atoms. The largest absolute Gasteiger partial charge is 0.468 e. The summed E-state index contributed by atoms with van der Waals surface area (Å²) in [6.45, 7) is 2.12. The molecule has 0 unspecified atom stereocenters. The van der Waals surface area contributed by atoms with Crippen LogP contribution in [0.3, 0.4) is 0 Å². The van der Waals surface area contributed by atoms with Crippen molar-refractivity contribution in [1.82, 2.24) is 4.90 Å². The number of rotatable bonds is 3. The Morgan fingerprint density at radius 1 is 1.35 bits per heavy atom. The number of benzene rings is 1. The van der Waals surface area contributed by atoms with E-state index in [2.05, 4.69) is 24.0 Å². The van der Waals surface area contributed by atoms with Crippen LogP contribution in [0.5, 0.6) is 0 Å². The third-order valence-corrected chi connectivity index (χ3v) is 4.87. The molecule has 1 aliphatic heterocycles. The van der Waals surface area contributed by atoms with Gasteiger partial charge in [-0.15, -0.1) is 0 Å². The number of hydrogen-bond donors (Lipinski definition) is 1. The van der Waals surface area contributed by atoms with Gasteiger partial charge in [0.2, 0.25) is 0 Å². The van der Waals surface area contributed by atoms with Crippen molar-refractivity contribution in [1.29, 1.82) is 0 Å². The number of ether oxygens (including phenoxy) is 1. The summed E-state index contributed by atoms with van der Waals surface area (Å²) in [7, 11) is 1.42. The Hall–Kier alpha value is -1.39. The molecule has 2 bridgehead atoms. The highest BCUT2D eigenvalue weighted by molar-refractivity contribution is 5.77. The second-order valence-electron chi connectivity index (χ2n) is 5.86. The molecule has 2 fully saturated rings. The van der Waals surface area contributed by atoms with Crippen LogP contribution >= 0.6 is 0 Å². The Balaban J connectivity index is 1.89. The second-order valence-corrected chi connectivity index (χ2v) is 5.86. The van der Waals surface area contributed by atoms with Gasteiger partial charge in [0.25, 0.3) is 0 Å². The Kier molecular flexibility index (Phi) is 3.52. The molecule has 1 aliphatic carbocycles. The van der Waals surface area contributed by atoms with Gasteiger partial charge in [-0.05, 0) is 25.3 Å². The van der Waals surface area contributed by atoms with Crippen molar-refractivity contribution in [2.24, 2.45) is 5.92 Å². The molecule has 4 nitrogen and oxygen atoms in total. The smallest absolute Gasteiger partial charge is 0.323 e. The third-order valence-electron chi connectivity index (χ3n) is 4.87. The van der Waals surface area contributed by atoms with Crippen molar-refractivity contribution in [3.63, 3.8) is 0 Å². The van der Waals surface area contributed by atoms with Crippen LogP contribution in [0.2, 0.25) is 0 Å². The van der Waals surface area contributed by atoms with Crippen molar-refractivity contribution in [3.05, 3.63) is 35.9 Å². The molecule has 1 saturated heterocycles. The number of likely N-dealkylation sites (tertiary alicyclic amines) is 1. The molecular weight excluding hydrogens is 254 g/mol. The number of esters is 1. The first-order chi connectivity index (χ1) is 9.63. The number of carbonyl (C=O) groups is 1. The first-order valence-corrected chi connectivity index (χ1v) is 7.21. The summed E-state index contributed by atoms with van der Waals surface area (Å²) in [6.07, 6.45) is 1.27. The van der Waals surface area contributed by atoms with E-state index in [4.69, 9.17) is 4.74 Å². The van der Waals surface area contributed by atoms with Crippen molar-refractivity contribution in [2.75, 3.05) is 7.11 Å². The van der Waals surface area contributed by atoms with Crippen molar-refractivity contribution < 1.29 is 14.6 Å². The maximum absolute atomic E-state index is 12.1. The summed E-state index contributed by atoms with van der Waals surface area (Å²) < 4.78 is 4.96. The summed E-state index contributed by atoms with van der Waals surface area (Å²) in [5.74, 6) is -0.211. The molecule has 3 rings (SSSR count). The number of aliphatic hydroxyl groups is 1. The van der Waals surface area contributed by atoms with Gasteiger partial charge in [-0.2, -0.15) is 0 Å². The summed E-state index contributed by atoms with van der Waals surface area (Å²) in [5, 5.41) is 10.1. The highest BCUT2D eigenvalue weighted by atomic mass is 16.5. The molecule has 0 aromatic heterocycles. The monoisotopic (exact) mass is 275 g/mol. The minimum absolute atomic E-state index is 0.0126. The van der Waals surface area contributed by atoms with Crippen LogP contribution in [-0.4, -0.2) is 41.3 Å². The Morgan fingerprint density at radius 2 is 2.05 bits per heavy atom. The molecular formula is C16H21NO3. The normalized spacial score (nSPS) is 34.1. The van der Waals surface area contributed by atoms with Gasteiger partial charge in [0, 0.05) is 18.0 Å². The van der Waals surface area contributed by atoms with Gasteiger partial charge in [-0.25, -0.2) is 0 Å². The van der Waals surface area contributed by atoms with Crippen LogP contribution in [0.4, 0.5) is 0 Å². The van der Waals surface area contributed by atoms with E-state index < -0.39 is 0 Å². The molecule has 2 aliphatic rings. The SMILES string of the molecule is COC(=O)[C@H]1[C@H]2C[C@H](C[C@@H]2O)N1[C@@H](C)c1ccccc1. The molecule has 5 atom stereocenters. The topological polar surface area (TPSA) is 49.8 Å². The predicted octanol–water partition coefficient (Wildman–Crippen LogP) is 1.74. The molecule has 1 N–H and O–H groups in total. The number of hydrogen-bond acceptors (Lipinski definition) is 4. The van der Waals surface area contributed by atoms with Crippen LogP contribution in [0.25, 0.3) is 0 Å². The minimum atomic E-state index is -0.372. The Morgan fingerprint density at radius 3 is 2.70 bits per heavy atom. The van der Waals surface area contributed by atoms with Gasteiger partial charge in [-0.1, -0.05) is 30.3 Å². The Bertz CT molecular complexity index is 490. The van der Waals surface area contributed by atoms with Crippen LogP contribution in [0, 0.1) is 5.92 Å². The van der Waals surface area contributed by atoms with Crippen LogP contribution in [0.15, 0.2) is 30.3 Å². The van der Waals surface area contributed by atoms with E-state index >= 15 is 0 Å². The molecule has 108 valence electrons. The van der Waals surface area contributed by atoms with Gasteiger partial charge in [0.1, 0.15) is 6.04 Å². The number of piperidine rings is 1. The van der Waals surface area contributed by atoms with E-state index in [-0.39, 0.29) is 36.1 Å². The molecule has 1 heterocycles. The summed E-state index contributed by atoms with van der Waals surface area (Å²) >= 11 is 0. The lowest BCUT2D eigenvalue weighted by atomic mass is 9.93. The lowest BCUT2D eigenvalue weighted by Gasteiger charge is -2.39. The van der Waals surface area contributed by atoms with Gasteiger partial charge in [0.15, 0.2) is 0 Å². The van der Waals surface area contributed by atoms with Crippen LogP contribution in [0.1, 0.15) is 31.4 Å². The third kappa shape index (κ3) is 2.03. The van der Waals surface area contributed by atoms with E-state index in [1.165, 1.54) is 12.7 Å². The van der Waals surface area contributed by atoms with E-state index in [9.17, 15) is 9.90 Å². The summed E-state index contributed by atoms with van der Waals surface area (Å²) in [6, 6.07) is 10.3. The van der Waals surface area contributed by atoms with E-state index in [0.717, 1.165) is 12.8 Å². The molecule has 1 aromatic rings. The van der Waals surface area contributed by atoms with E-state index in [1.807, 2.05) is 18.2 Å². The fourth-order valence-electron chi connectivity index (χ4n) is 3.93. The number of nitrogens with zero attached hydrogens (tertiary/aromatic N) is 1. The Labute approximate surface area is 119 Å². The van der Waals surface area contributed by atoms with Crippen molar-refractivity contribution in [3.8, 4) is 0 Å². The van der Waals surface area contributed by atoms with Gasteiger partial charge in [0.05, 0.1) is 13.2 Å². The lowest BCUT2D eigenvalue weighted by Crippen LogP contribution is -2.51. The fraction of sp³-hybridized carbons (Fsp3) is 0.562. The lowest BCUT2D eigenvalue weighted by molar-refractivity contribution is -0.152. The molecule has 0 radical (unpaired) electrons. The number of carbonyl (C=O) groups excluding carboxylic acids is 1. The van der Waals surface area contributed by atoms with Gasteiger partial charge < -0.3 is 9.84 Å².